The summed E-state index contributed by atoms with van der Waals surface area (Å²) in [4.78, 5) is 11.1. The second kappa shape index (κ2) is 6.30. The van der Waals surface area contributed by atoms with Crippen molar-refractivity contribution >= 4 is 37.8 Å². The smallest absolute Gasteiger partial charge is 0.387 e. The third-order valence-corrected chi connectivity index (χ3v) is 3.39. The number of halogens is 4. The summed E-state index contributed by atoms with van der Waals surface area (Å²) < 4.78 is 33.9. The summed E-state index contributed by atoms with van der Waals surface area (Å²) >= 11 is 6.21. The minimum absolute atomic E-state index is 0.0238. The zero-order valence-electron chi connectivity index (χ0n) is 8.68. The molecule has 0 radical (unpaired) electrons. The molecule has 0 saturated heterocycles. The van der Waals surface area contributed by atoms with Gasteiger partial charge in [0.05, 0.1) is 22.5 Å². The summed E-state index contributed by atoms with van der Waals surface area (Å²) in [6, 6.07) is 3.14. The molecule has 0 bridgehead atoms. The number of ether oxygens (including phenoxy) is 2. The fraction of sp³-hybridized carbons (Fsp3) is 0.300. The van der Waals surface area contributed by atoms with Crippen molar-refractivity contribution in [1.29, 1.82) is 0 Å². The number of methoxy groups -OCH3 is 1. The molecule has 1 aromatic rings. The van der Waals surface area contributed by atoms with Crippen molar-refractivity contribution in [2.45, 2.75) is 13.0 Å². The molecule has 0 aliphatic carbocycles. The van der Waals surface area contributed by atoms with E-state index < -0.39 is 12.6 Å². The van der Waals surface area contributed by atoms with Crippen LogP contribution in [-0.4, -0.2) is 19.7 Å². The molecule has 0 heterocycles. The Balaban J connectivity index is 3.05. The van der Waals surface area contributed by atoms with E-state index >= 15 is 0 Å². The van der Waals surface area contributed by atoms with Gasteiger partial charge in [0.1, 0.15) is 0 Å². The van der Waals surface area contributed by atoms with Crippen LogP contribution >= 0.6 is 31.9 Å². The number of benzene rings is 1. The van der Waals surface area contributed by atoms with E-state index in [1.54, 1.807) is 6.07 Å². The minimum atomic E-state index is -2.93. The molecule has 17 heavy (non-hydrogen) atoms. The molecule has 0 atom stereocenters. The number of carbonyl (C=O) groups is 1. The second-order valence-corrected chi connectivity index (χ2v) is 4.63. The van der Waals surface area contributed by atoms with Crippen molar-refractivity contribution in [2.24, 2.45) is 0 Å². The lowest BCUT2D eigenvalue weighted by Crippen LogP contribution is -2.08. The molecule has 0 amide bonds. The number of alkyl halides is 2. The molecule has 0 aliphatic rings. The zero-order chi connectivity index (χ0) is 13.0. The molecule has 1 rings (SSSR count). The first-order chi connectivity index (χ1) is 7.95. The van der Waals surface area contributed by atoms with Gasteiger partial charge in [0.15, 0.2) is 5.75 Å². The maximum Gasteiger partial charge on any atom is 0.387 e. The maximum absolute atomic E-state index is 12.2. The molecule has 0 fully saturated rings. The third-order valence-electron chi connectivity index (χ3n) is 1.90. The summed E-state index contributed by atoms with van der Waals surface area (Å²) in [5.41, 5.74) is 0.510. The van der Waals surface area contributed by atoms with Crippen LogP contribution in [0, 0.1) is 0 Å². The predicted molar refractivity (Wildman–Crippen MR) is 64.2 cm³/mol. The number of carbonyl (C=O) groups excluding carboxylic acids is 1. The van der Waals surface area contributed by atoms with Gasteiger partial charge in [-0.05, 0) is 43.5 Å². The van der Waals surface area contributed by atoms with Gasteiger partial charge in [0.2, 0.25) is 0 Å². The van der Waals surface area contributed by atoms with Crippen LogP contribution < -0.4 is 4.74 Å². The first kappa shape index (κ1) is 14.4. The van der Waals surface area contributed by atoms with E-state index in [1.807, 2.05) is 0 Å². The molecular formula is C10H8Br2F2O3. The highest BCUT2D eigenvalue weighted by molar-refractivity contribution is 9.11. The van der Waals surface area contributed by atoms with Gasteiger partial charge in [-0.15, -0.1) is 0 Å². The largest absolute Gasteiger partial charge is 0.469 e. The highest BCUT2D eigenvalue weighted by atomic mass is 79.9. The van der Waals surface area contributed by atoms with Gasteiger partial charge in [-0.3, -0.25) is 4.79 Å². The fourth-order valence-corrected chi connectivity index (χ4v) is 2.40. The topological polar surface area (TPSA) is 35.5 Å². The Hall–Kier alpha value is -0.690. The van der Waals surface area contributed by atoms with Gasteiger partial charge in [0, 0.05) is 0 Å². The van der Waals surface area contributed by atoms with Crippen molar-refractivity contribution in [1.82, 2.24) is 0 Å². The average Bonchev–Trinajstić information content (AvgIpc) is 2.27. The van der Waals surface area contributed by atoms with Crippen LogP contribution in [-0.2, 0) is 16.0 Å². The lowest BCUT2D eigenvalue weighted by molar-refractivity contribution is -0.139. The van der Waals surface area contributed by atoms with Crippen LogP contribution in [0.5, 0.6) is 5.75 Å². The van der Waals surface area contributed by atoms with Gasteiger partial charge in [-0.2, -0.15) is 8.78 Å². The Morgan fingerprint density at radius 2 is 2.06 bits per heavy atom. The molecule has 0 N–H and O–H groups in total. The van der Waals surface area contributed by atoms with Crippen LogP contribution in [0.4, 0.5) is 8.78 Å². The quantitative estimate of drug-likeness (QED) is 0.757. The Bertz CT molecular complexity index is 424. The van der Waals surface area contributed by atoms with Gasteiger partial charge in [0.25, 0.3) is 0 Å². The number of esters is 1. The first-order valence-electron chi connectivity index (χ1n) is 4.44. The van der Waals surface area contributed by atoms with Gasteiger partial charge in [-0.25, -0.2) is 0 Å². The van der Waals surface area contributed by atoms with Crippen molar-refractivity contribution < 1.29 is 23.0 Å². The van der Waals surface area contributed by atoms with E-state index in [4.69, 9.17) is 0 Å². The second-order valence-electron chi connectivity index (χ2n) is 2.98. The van der Waals surface area contributed by atoms with Crippen molar-refractivity contribution in [3.05, 3.63) is 26.6 Å². The van der Waals surface area contributed by atoms with E-state index in [1.165, 1.54) is 13.2 Å². The number of hydrogen-bond acceptors (Lipinski definition) is 3. The molecular weight excluding hydrogens is 366 g/mol. The minimum Gasteiger partial charge on any atom is -0.469 e. The summed E-state index contributed by atoms with van der Waals surface area (Å²) in [5, 5.41) is 0. The zero-order valence-corrected chi connectivity index (χ0v) is 11.8. The van der Waals surface area contributed by atoms with Crippen molar-refractivity contribution in [3.63, 3.8) is 0 Å². The van der Waals surface area contributed by atoms with E-state index in [2.05, 4.69) is 41.3 Å². The normalized spacial score (nSPS) is 10.5. The summed E-state index contributed by atoms with van der Waals surface area (Å²) in [7, 11) is 1.26. The van der Waals surface area contributed by atoms with E-state index in [0.717, 1.165) is 0 Å². The van der Waals surface area contributed by atoms with Crippen LogP contribution in [0.1, 0.15) is 5.56 Å². The van der Waals surface area contributed by atoms with Crippen LogP contribution in [0.15, 0.2) is 21.1 Å². The fourth-order valence-electron chi connectivity index (χ4n) is 1.13. The SMILES string of the molecule is COC(=O)Cc1ccc(Br)c(OC(F)F)c1Br. The van der Waals surface area contributed by atoms with E-state index in [-0.39, 0.29) is 12.2 Å². The Kier molecular flexibility index (Phi) is 5.32. The van der Waals surface area contributed by atoms with Crippen molar-refractivity contribution in [3.8, 4) is 5.75 Å². The monoisotopic (exact) mass is 372 g/mol. The van der Waals surface area contributed by atoms with Crippen molar-refractivity contribution in [2.75, 3.05) is 7.11 Å². The van der Waals surface area contributed by atoms with Crippen LogP contribution in [0.3, 0.4) is 0 Å². The molecule has 0 saturated carbocycles. The molecule has 0 unspecified atom stereocenters. The van der Waals surface area contributed by atoms with Crippen LogP contribution in [0.25, 0.3) is 0 Å². The van der Waals surface area contributed by atoms with Crippen LogP contribution in [0.2, 0.25) is 0 Å². The van der Waals surface area contributed by atoms with E-state index in [0.29, 0.717) is 14.5 Å². The molecule has 0 aliphatic heterocycles. The summed E-state index contributed by atoms with van der Waals surface area (Å²) in [6.07, 6.45) is -0.0238. The Labute approximate surface area is 113 Å². The Morgan fingerprint density at radius 3 is 2.59 bits per heavy atom. The molecule has 94 valence electrons. The van der Waals surface area contributed by atoms with Gasteiger partial charge >= 0.3 is 12.6 Å². The number of hydrogen-bond donors (Lipinski definition) is 0. The molecule has 7 heteroatoms. The maximum atomic E-state index is 12.2. The first-order valence-corrected chi connectivity index (χ1v) is 6.02. The molecule has 0 spiro atoms. The summed E-state index contributed by atoms with van der Waals surface area (Å²) in [6.45, 7) is -2.93. The van der Waals surface area contributed by atoms with Gasteiger partial charge in [-0.1, -0.05) is 6.07 Å². The predicted octanol–water partition coefficient (Wildman–Crippen LogP) is 3.53. The molecule has 3 nitrogen and oxygen atoms in total. The van der Waals surface area contributed by atoms with E-state index in [9.17, 15) is 13.6 Å². The standard InChI is InChI=1S/C10H8Br2F2O3/c1-16-7(15)4-5-2-3-6(11)9(8(5)12)17-10(13)14/h2-3,10H,4H2,1H3. The molecule has 1 aromatic carbocycles. The highest BCUT2D eigenvalue weighted by Gasteiger charge is 2.17. The third kappa shape index (κ3) is 3.92. The van der Waals surface area contributed by atoms with Gasteiger partial charge < -0.3 is 9.47 Å². The highest BCUT2D eigenvalue weighted by Crippen LogP contribution is 2.37. The Morgan fingerprint density at radius 1 is 1.41 bits per heavy atom. The average molecular weight is 374 g/mol. The lowest BCUT2D eigenvalue weighted by Gasteiger charge is -2.12. The molecule has 0 aromatic heterocycles. The number of rotatable bonds is 4. The lowest BCUT2D eigenvalue weighted by atomic mass is 10.1. The summed E-state index contributed by atoms with van der Waals surface area (Å²) in [5.74, 6) is -0.502.